The van der Waals surface area contributed by atoms with Gasteiger partial charge in [0.15, 0.2) is 11.6 Å². The second-order valence-corrected chi connectivity index (χ2v) is 5.21. The van der Waals surface area contributed by atoms with Crippen LogP contribution in [0.5, 0.6) is 5.75 Å². The maximum atomic E-state index is 13.1. The fraction of sp³-hybridized carbons (Fsp3) is 0.278. The van der Waals surface area contributed by atoms with Crippen molar-refractivity contribution in [1.82, 2.24) is 0 Å². The zero-order valence-corrected chi connectivity index (χ0v) is 13.3. The molecule has 0 atom stereocenters. The predicted molar refractivity (Wildman–Crippen MR) is 86.8 cm³/mol. The molecule has 24 heavy (non-hydrogen) atoms. The lowest BCUT2D eigenvalue weighted by molar-refractivity contribution is -0.116. The quantitative estimate of drug-likeness (QED) is 0.815. The maximum Gasteiger partial charge on any atom is 0.224 e. The number of rotatable bonds is 7. The molecule has 1 amide bonds. The van der Waals surface area contributed by atoms with Gasteiger partial charge in [-0.2, -0.15) is 0 Å². The number of ether oxygens (including phenoxy) is 1. The fourth-order valence-corrected chi connectivity index (χ4v) is 2.25. The van der Waals surface area contributed by atoms with Crippen LogP contribution in [0.3, 0.4) is 0 Å². The molecule has 0 aromatic heterocycles. The molecule has 4 nitrogen and oxygen atoms in total. The van der Waals surface area contributed by atoms with Gasteiger partial charge in [0.05, 0.1) is 13.2 Å². The van der Waals surface area contributed by atoms with Gasteiger partial charge in [-0.3, -0.25) is 4.79 Å². The van der Waals surface area contributed by atoms with E-state index in [4.69, 9.17) is 4.74 Å². The van der Waals surface area contributed by atoms with E-state index in [0.717, 1.165) is 12.1 Å². The van der Waals surface area contributed by atoms with Crippen LogP contribution in [-0.2, 0) is 17.8 Å². The summed E-state index contributed by atoms with van der Waals surface area (Å²) in [5, 5.41) is 12.1. The Labute approximate surface area is 139 Å². The number of aliphatic hydroxyl groups excluding tert-OH is 1. The Morgan fingerprint density at radius 3 is 2.62 bits per heavy atom. The Bertz CT molecular complexity index is 719. The summed E-state index contributed by atoms with van der Waals surface area (Å²) in [6.45, 7) is 2.12. The summed E-state index contributed by atoms with van der Waals surface area (Å²) in [4.78, 5) is 12.0. The van der Waals surface area contributed by atoms with Crippen LogP contribution < -0.4 is 10.1 Å². The molecule has 6 heteroatoms. The molecule has 0 fully saturated rings. The van der Waals surface area contributed by atoms with Crippen molar-refractivity contribution in [3.8, 4) is 5.75 Å². The monoisotopic (exact) mass is 335 g/mol. The molecule has 0 spiro atoms. The Hall–Kier alpha value is -2.47. The van der Waals surface area contributed by atoms with Gasteiger partial charge in [-0.25, -0.2) is 8.78 Å². The van der Waals surface area contributed by atoms with Crippen molar-refractivity contribution in [2.45, 2.75) is 26.4 Å². The number of halogens is 2. The molecule has 0 saturated carbocycles. The summed E-state index contributed by atoms with van der Waals surface area (Å²) in [5.74, 6) is -1.52. The van der Waals surface area contributed by atoms with Crippen molar-refractivity contribution in [1.29, 1.82) is 0 Å². The molecule has 2 aromatic rings. The summed E-state index contributed by atoms with van der Waals surface area (Å²) >= 11 is 0. The third-order valence-corrected chi connectivity index (χ3v) is 3.44. The predicted octanol–water partition coefficient (Wildman–Crippen LogP) is 3.43. The first kappa shape index (κ1) is 17.9. The molecule has 0 aliphatic heterocycles. The van der Waals surface area contributed by atoms with Crippen LogP contribution in [0.1, 0.15) is 24.5 Å². The van der Waals surface area contributed by atoms with Crippen LogP contribution in [0, 0.1) is 11.6 Å². The first-order chi connectivity index (χ1) is 11.5. The lowest BCUT2D eigenvalue weighted by Crippen LogP contribution is -2.13. The average molecular weight is 335 g/mol. The van der Waals surface area contributed by atoms with Crippen LogP contribution in [0.15, 0.2) is 36.4 Å². The third-order valence-electron chi connectivity index (χ3n) is 3.44. The van der Waals surface area contributed by atoms with Gasteiger partial charge in [-0.15, -0.1) is 0 Å². The zero-order chi connectivity index (χ0) is 17.5. The van der Waals surface area contributed by atoms with E-state index in [1.807, 2.05) is 6.92 Å². The number of aryl methyl sites for hydroxylation is 1. The smallest absolute Gasteiger partial charge is 0.224 e. The van der Waals surface area contributed by atoms with Gasteiger partial charge in [0, 0.05) is 17.7 Å². The van der Waals surface area contributed by atoms with Gasteiger partial charge < -0.3 is 15.2 Å². The number of aliphatic hydroxyl groups is 1. The second-order valence-electron chi connectivity index (χ2n) is 5.21. The van der Waals surface area contributed by atoms with Crippen molar-refractivity contribution in [3.05, 3.63) is 59.2 Å². The third kappa shape index (κ3) is 4.76. The summed E-state index contributed by atoms with van der Waals surface area (Å²) in [6.07, 6.45) is 0.430. The highest BCUT2D eigenvalue weighted by atomic mass is 19.2. The molecule has 0 heterocycles. The van der Waals surface area contributed by atoms with Crippen LogP contribution in [-0.4, -0.2) is 17.6 Å². The molecule has 0 saturated heterocycles. The van der Waals surface area contributed by atoms with E-state index in [2.05, 4.69) is 5.32 Å². The van der Waals surface area contributed by atoms with E-state index in [0.29, 0.717) is 35.6 Å². The summed E-state index contributed by atoms with van der Waals surface area (Å²) < 4.78 is 31.4. The SMILES string of the molecule is CCOc1ccc(NC(=O)CCc2ccc(F)c(F)c2)cc1CO. The number of hydrogen-bond acceptors (Lipinski definition) is 3. The summed E-state index contributed by atoms with van der Waals surface area (Å²) in [5.41, 5.74) is 1.67. The normalized spacial score (nSPS) is 10.5. The number of anilines is 1. The van der Waals surface area contributed by atoms with Crippen LogP contribution in [0.4, 0.5) is 14.5 Å². The summed E-state index contributed by atoms with van der Waals surface area (Å²) in [6, 6.07) is 8.58. The Kier molecular flexibility index (Phi) is 6.26. The van der Waals surface area contributed by atoms with Crippen LogP contribution in [0.25, 0.3) is 0 Å². The minimum atomic E-state index is -0.924. The first-order valence-electron chi connectivity index (χ1n) is 7.63. The number of carbonyl (C=O) groups is 1. The molecule has 0 aliphatic rings. The molecule has 0 bridgehead atoms. The Morgan fingerprint density at radius 2 is 1.96 bits per heavy atom. The van der Waals surface area contributed by atoms with E-state index in [9.17, 15) is 18.7 Å². The van der Waals surface area contributed by atoms with Crippen molar-refractivity contribution in [2.75, 3.05) is 11.9 Å². The van der Waals surface area contributed by atoms with Crippen LogP contribution in [0.2, 0.25) is 0 Å². The van der Waals surface area contributed by atoms with Gasteiger partial charge in [-0.1, -0.05) is 6.07 Å². The zero-order valence-electron chi connectivity index (χ0n) is 13.3. The molecule has 128 valence electrons. The van der Waals surface area contributed by atoms with Gasteiger partial charge in [0.25, 0.3) is 0 Å². The van der Waals surface area contributed by atoms with E-state index < -0.39 is 11.6 Å². The molecular weight excluding hydrogens is 316 g/mol. The van der Waals surface area contributed by atoms with Gasteiger partial charge in [0.1, 0.15) is 5.75 Å². The number of amides is 1. The highest BCUT2D eigenvalue weighted by molar-refractivity contribution is 5.91. The van der Waals surface area contributed by atoms with E-state index in [-0.39, 0.29) is 18.9 Å². The topological polar surface area (TPSA) is 58.6 Å². The van der Waals surface area contributed by atoms with Crippen molar-refractivity contribution < 1.29 is 23.4 Å². The molecule has 0 aliphatic carbocycles. The fourth-order valence-electron chi connectivity index (χ4n) is 2.25. The van der Waals surface area contributed by atoms with Gasteiger partial charge >= 0.3 is 0 Å². The maximum absolute atomic E-state index is 13.1. The number of nitrogens with one attached hydrogen (secondary N) is 1. The lowest BCUT2D eigenvalue weighted by atomic mass is 10.1. The van der Waals surface area contributed by atoms with E-state index in [1.165, 1.54) is 6.07 Å². The first-order valence-corrected chi connectivity index (χ1v) is 7.63. The standard InChI is InChI=1S/C18H19F2NO3/c1-2-24-17-7-5-14(10-13(17)11-22)21-18(23)8-4-12-3-6-15(19)16(20)9-12/h3,5-7,9-10,22H,2,4,8,11H2,1H3,(H,21,23). The van der Waals surface area contributed by atoms with Crippen molar-refractivity contribution >= 4 is 11.6 Å². The van der Waals surface area contributed by atoms with Gasteiger partial charge in [-0.05, 0) is 49.2 Å². The van der Waals surface area contributed by atoms with E-state index in [1.54, 1.807) is 18.2 Å². The number of hydrogen-bond donors (Lipinski definition) is 2. The molecule has 2 N–H and O–H groups in total. The van der Waals surface area contributed by atoms with Crippen molar-refractivity contribution in [2.24, 2.45) is 0 Å². The number of benzene rings is 2. The van der Waals surface area contributed by atoms with Gasteiger partial charge in [0.2, 0.25) is 5.91 Å². The Balaban J connectivity index is 1.95. The minimum absolute atomic E-state index is 0.132. The average Bonchev–Trinajstić information content (AvgIpc) is 2.57. The molecule has 2 aromatic carbocycles. The van der Waals surface area contributed by atoms with Crippen molar-refractivity contribution in [3.63, 3.8) is 0 Å². The minimum Gasteiger partial charge on any atom is -0.494 e. The molecular formula is C18H19F2NO3. The number of carbonyl (C=O) groups excluding carboxylic acids is 1. The highest BCUT2D eigenvalue weighted by Gasteiger charge is 2.09. The highest BCUT2D eigenvalue weighted by Crippen LogP contribution is 2.23. The molecule has 0 unspecified atom stereocenters. The summed E-state index contributed by atoms with van der Waals surface area (Å²) in [7, 11) is 0. The second kappa shape index (κ2) is 8.40. The van der Waals surface area contributed by atoms with Crippen LogP contribution >= 0.6 is 0 Å². The molecule has 0 radical (unpaired) electrons. The molecule has 2 rings (SSSR count). The lowest BCUT2D eigenvalue weighted by Gasteiger charge is -2.11. The Morgan fingerprint density at radius 1 is 1.17 bits per heavy atom. The largest absolute Gasteiger partial charge is 0.494 e. The van der Waals surface area contributed by atoms with E-state index >= 15 is 0 Å².